The number of hydrogen-bond acceptors (Lipinski definition) is 5. The Labute approximate surface area is 159 Å². The minimum absolute atomic E-state index is 0.199. The number of ether oxygens (including phenoxy) is 1. The molecule has 1 atom stereocenters. The smallest absolute Gasteiger partial charge is 0.326 e. The summed E-state index contributed by atoms with van der Waals surface area (Å²) in [6.45, 7) is 2.11. The van der Waals surface area contributed by atoms with E-state index in [1.807, 2.05) is 0 Å². The third-order valence-corrected chi connectivity index (χ3v) is 4.56. The van der Waals surface area contributed by atoms with Crippen LogP contribution in [0.1, 0.15) is 20.3 Å². The summed E-state index contributed by atoms with van der Waals surface area (Å²) in [6, 6.07) is 4.01. The fourth-order valence-electron chi connectivity index (χ4n) is 2.24. The van der Waals surface area contributed by atoms with Crippen LogP contribution in [0.2, 0.25) is 10.0 Å². The molecule has 0 spiro atoms. The second kappa shape index (κ2) is 7.92. The topological polar surface area (TPSA) is 105 Å². The number of halogens is 2. The number of nitrogens with zero attached hydrogens (tertiary/aromatic N) is 1. The first-order valence-electron chi connectivity index (χ1n) is 7.71. The van der Waals surface area contributed by atoms with E-state index in [1.165, 1.54) is 12.1 Å². The number of carbonyl (C=O) groups excluding carboxylic acids is 4. The summed E-state index contributed by atoms with van der Waals surface area (Å²) in [7, 11) is 0. The van der Waals surface area contributed by atoms with Crippen molar-refractivity contribution in [2.45, 2.75) is 25.8 Å². The first-order valence-corrected chi connectivity index (χ1v) is 8.47. The van der Waals surface area contributed by atoms with Gasteiger partial charge >= 0.3 is 12.0 Å². The van der Waals surface area contributed by atoms with E-state index in [9.17, 15) is 19.2 Å². The number of nitrogens with one attached hydrogen (secondary N) is 2. The van der Waals surface area contributed by atoms with Crippen LogP contribution in [0.3, 0.4) is 0 Å². The molecule has 0 unspecified atom stereocenters. The van der Waals surface area contributed by atoms with Crippen molar-refractivity contribution in [3.8, 4) is 0 Å². The van der Waals surface area contributed by atoms with Crippen LogP contribution in [0.4, 0.5) is 10.5 Å². The molecule has 2 N–H and O–H groups in total. The second-order valence-corrected chi connectivity index (χ2v) is 6.63. The number of rotatable bonds is 6. The van der Waals surface area contributed by atoms with Crippen molar-refractivity contribution in [3.63, 3.8) is 0 Å². The zero-order chi connectivity index (χ0) is 19.5. The quantitative estimate of drug-likeness (QED) is 0.561. The maximum atomic E-state index is 12.2. The van der Waals surface area contributed by atoms with Crippen molar-refractivity contribution in [2.24, 2.45) is 0 Å². The molecular formula is C16H17Cl2N3O5. The normalized spacial score (nSPS) is 19.3. The summed E-state index contributed by atoms with van der Waals surface area (Å²) in [4.78, 5) is 48.5. The summed E-state index contributed by atoms with van der Waals surface area (Å²) in [5.74, 6) is -2.08. The number of benzene rings is 1. The molecule has 140 valence electrons. The van der Waals surface area contributed by atoms with Gasteiger partial charge in [-0.2, -0.15) is 0 Å². The van der Waals surface area contributed by atoms with Crippen LogP contribution in [-0.2, 0) is 19.1 Å². The molecule has 1 fully saturated rings. The average Bonchev–Trinajstić information content (AvgIpc) is 2.80. The first kappa shape index (κ1) is 20.0. The van der Waals surface area contributed by atoms with Crippen LogP contribution in [0, 0.1) is 0 Å². The van der Waals surface area contributed by atoms with Crippen LogP contribution in [0.15, 0.2) is 18.2 Å². The van der Waals surface area contributed by atoms with Crippen LogP contribution in [-0.4, -0.2) is 47.4 Å². The summed E-state index contributed by atoms with van der Waals surface area (Å²) < 4.78 is 4.81. The summed E-state index contributed by atoms with van der Waals surface area (Å²) in [5.41, 5.74) is -0.847. The molecule has 1 aliphatic heterocycles. The molecule has 1 aliphatic rings. The summed E-state index contributed by atoms with van der Waals surface area (Å²) in [6.07, 6.45) is 0.379. The Morgan fingerprint density at radius 2 is 1.88 bits per heavy atom. The molecule has 0 radical (unpaired) electrons. The van der Waals surface area contributed by atoms with E-state index in [2.05, 4.69) is 10.6 Å². The Kier molecular flexibility index (Phi) is 6.09. The van der Waals surface area contributed by atoms with Gasteiger partial charge in [0.1, 0.15) is 12.1 Å². The standard InChI is InChI=1S/C16H17Cl2N3O5/c1-3-16(2)14(24)21(15(25)20-16)7-12(23)26-8-11(22)19-13-9(17)5-4-6-10(13)18/h4-6H,3,7-8H2,1-2H3,(H,19,22)(H,20,25)/t16-/m0/s1. The van der Waals surface area contributed by atoms with Crippen molar-refractivity contribution < 1.29 is 23.9 Å². The van der Waals surface area contributed by atoms with E-state index in [-0.39, 0.29) is 15.7 Å². The highest BCUT2D eigenvalue weighted by Crippen LogP contribution is 2.29. The first-order chi connectivity index (χ1) is 12.2. The molecule has 0 saturated carbocycles. The lowest BCUT2D eigenvalue weighted by Gasteiger charge is -2.18. The molecular weight excluding hydrogens is 385 g/mol. The average molecular weight is 402 g/mol. The largest absolute Gasteiger partial charge is 0.454 e. The number of hydrogen-bond donors (Lipinski definition) is 2. The van der Waals surface area contributed by atoms with Gasteiger partial charge in [0.25, 0.3) is 11.8 Å². The van der Waals surface area contributed by atoms with Crippen molar-refractivity contribution in [3.05, 3.63) is 28.2 Å². The van der Waals surface area contributed by atoms with Gasteiger partial charge in [0, 0.05) is 0 Å². The maximum Gasteiger partial charge on any atom is 0.326 e. The van der Waals surface area contributed by atoms with E-state index in [0.29, 0.717) is 6.42 Å². The summed E-state index contributed by atoms with van der Waals surface area (Å²) in [5, 5.41) is 5.41. The van der Waals surface area contributed by atoms with Crippen LogP contribution >= 0.6 is 23.2 Å². The van der Waals surface area contributed by atoms with Gasteiger partial charge in [0.2, 0.25) is 0 Å². The van der Waals surface area contributed by atoms with Gasteiger partial charge in [-0.05, 0) is 25.5 Å². The third-order valence-electron chi connectivity index (χ3n) is 3.93. The van der Waals surface area contributed by atoms with E-state index >= 15 is 0 Å². The number of esters is 1. The molecule has 0 aromatic heterocycles. The van der Waals surface area contributed by atoms with Crippen molar-refractivity contribution >= 4 is 52.7 Å². The fraction of sp³-hybridized carbons (Fsp3) is 0.375. The highest BCUT2D eigenvalue weighted by atomic mass is 35.5. The number of anilines is 1. The van der Waals surface area contributed by atoms with Crippen LogP contribution < -0.4 is 10.6 Å². The lowest BCUT2D eigenvalue weighted by Crippen LogP contribution is -2.43. The Morgan fingerprint density at radius 1 is 1.27 bits per heavy atom. The van der Waals surface area contributed by atoms with Gasteiger partial charge in [-0.3, -0.25) is 19.3 Å². The highest BCUT2D eigenvalue weighted by molar-refractivity contribution is 6.39. The maximum absolute atomic E-state index is 12.2. The molecule has 26 heavy (non-hydrogen) atoms. The van der Waals surface area contributed by atoms with Gasteiger partial charge < -0.3 is 15.4 Å². The Balaban J connectivity index is 1.88. The molecule has 0 aliphatic carbocycles. The van der Waals surface area contributed by atoms with Gasteiger partial charge in [-0.25, -0.2) is 4.79 Å². The SMILES string of the molecule is CC[C@]1(C)NC(=O)N(CC(=O)OCC(=O)Nc2c(Cl)cccc2Cl)C1=O. The van der Waals surface area contributed by atoms with Gasteiger partial charge in [0.15, 0.2) is 6.61 Å². The van der Waals surface area contributed by atoms with E-state index in [4.69, 9.17) is 27.9 Å². The van der Waals surface area contributed by atoms with Gasteiger partial charge in [0.05, 0.1) is 15.7 Å². The zero-order valence-electron chi connectivity index (χ0n) is 14.1. The minimum atomic E-state index is -1.05. The van der Waals surface area contributed by atoms with Crippen LogP contribution in [0.5, 0.6) is 0 Å². The monoisotopic (exact) mass is 401 g/mol. The second-order valence-electron chi connectivity index (χ2n) is 5.81. The van der Waals surface area contributed by atoms with Crippen LogP contribution in [0.25, 0.3) is 0 Å². The Morgan fingerprint density at radius 3 is 2.42 bits per heavy atom. The number of urea groups is 1. The molecule has 10 heteroatoms. The number of carbonyl (C=O) groups is 4. The fourth-order valence-corrected chi connectivity index (χ4v) is 2.74. The van der Waals surface area contributed by atoms with Crippen molar-refractivity contribution in [2.75, 3.05) is 18.5 Å². The molecule has 1 aromatic carbocycles. The van der Waals surface area contributed by atoms with Gasteiger partial charge in [-0.15, -0.1) is 0 Å². The third kappa shape index (κ3) is 4.25. The number of para-hydroxylation sites is 1. The van der Waals surface area contributed by atoms with E-state index in [0.717, 1.165) is 4.90 Å². The predicted molar refractivity (Wildman–Crippen MR) is 95.0 cm³/mol. The molecule has 8 nitrogen and oxygen atoms in total. The summed E-state index contributed by atoms with van der Waals surface area (Å²) >= 11 is 11.9. The number of imide groups is 1. The number of amides is 4. The predicted octanol–water partition coefficient (Wildman–Crippen LogP) is 2.20. The van der Waals surface area contributed by atoms with Crippen molar-refractivity contribution in [1.29, 1.82) is 0 Å². The molecule has 4 amide bonds. The Bertz CT molecular complexity index is 750. The molecule has 2 rings (SSSR count). The van der Waals surface area contributed by atoms with Crippen molar-refractivity contribution in [1.82, 2.24) is 10.2 Å². The minimum Gasteiger partial charge on any atom is -0.454 e. The lowest BCUT2D eigenvalue weighted by atomic mass is 9.99. The highest BCUT2D eigenvalue weighted by Gasteiger charge is 2.47. The van der Waals surface area contributed by atoms with Gasteiger partial charge in [-0.1, -0.05) is 36.2 Å². The molecule has 0 bridgehead atoms. The van der Waals surface area contributed by atoms with E-state index < -0.39 is 42.5 Å². The zero-order valence-corrected chi connectivity index (χ0v) is 15.6. The van der Waals surface area contributed by atoms with E-state index in [1.54, 1.807) is 19.9 Å². The molecule has 1 saturated heterocycles. The molecule has 1 heterocycles. The lowest BCUT2D eigenvalue weighted by molar-refractivity contribution is -0.150. The Hall–Kier alpha value is -2.32. The molecule has 1 aromatic rings.